The summed E-state index contributed by atoms with van der Waals surface area (Å²) in [5.41, 5.74) is 0.931. The molecule has 2 rings (SSSR count). The van der Waals surface area contributed by atoms with E-state index < -0.39 is 0 Å². The molecule has 5 heteroatoms. The van der Waals surface area contributed by atoms with Crippen LogP contribution in [0, 0.1) is 0 Å². The molecular formula is C15H16N2O2S. The number of hydrogen-bond acceptors (Lipinski definition) is 3. The predicted octanol–water partition coefficient (Wildman–Crippen LogP) is 2.37. The Balaban J connectivity index is 2.11. The number of carbonyl (C=O) groups is 1. The van der Waals surface area contributed by atoms with Gasteiger partial charge in [-0.1, -0.05) is 12.1 Å². The van der Waals surface area contributed by atoms with Gasteiger partial charge in [0.15, 0.2) is 5.43 Å². The lowest BCUT2D eigenvalue weighted by molar-refractivity contribution is 0.0783. The molecule has 0 aliphatic rings. The lowest BCUT2D eigenvalue weighted by Crippen LogP contribution is -2.30. The molecule has 4 nitrogen and oxygen atoms in total. The molecule has 0 spiro atoms. The summed E-state index contributed by atoms with van der Waals surface area (Å²) in [5.74, 6) is -0.277. The number of amides is 1. The molecule has 0 unspecified atom stereocenters. The summed E-state index contributed by atoms with van der Waals surface area (Å²) in [6.07, 6.45) is 4.98. The highest BCUT2D eigenvalue weighted by Gasteiger charge is 2.14. The van der Waals surface area contributed by atoms with Crippen LogP contribution >= 0.6 is 11.8 Å². The fourth-order valence-electron chi connectivity index (χ4n) is 1.87. The fraction of sp³-hybridized carbons (Fsp3) is 0.200. The zero-order chi connectivity index (χ0) is 14.5. The molecule has 1 amide bonds. The standard InChI is InChI=1S/C15H16N2O2S/c1-17(10-11-3-5-12(20-2)6-4-11)15(19)13-9-16-8-7-14(13)18/h3-9H,10H2,1-2H3,(H,16,18). The predicted molar refractivity (Wildman–Crippen MR) is 81.1 cm³/mol. The zero-order valence-corrected chi connectivity index (χ0v) is 12.2. The van der Waals surface area contributed by atoms with Gasteiger partial charge in [-0.25, -0.2) is 0 Å². The highest BCUT2D eigenvalue weighted by Crippen LogP contribution is 2.15. The van der Waals surface area contributed by atoms with Crippen LogP contribution in [0.5, 0.6) is 0 Å². The van der Waals surface area contributed by atoms with Crippen molar-refractivity contribution >= 4 is 17.7 Å². The summed E-state index contributed by atoms with van der Waals surface area (Å²) >= 11 is 1.68. The number of aromatic amines is 1. The van der Waals surface area contributed by atoms with Gasteiger partial charge in [0, 0.05) is 36.9 Å². The van der Waals surface area contributed by atoms with Crippen molar-refractivity contribution in [1.29, 1.82) is 0 Å². The Bertz CT molecular complexity index is 649. The van der Waals surface area contributed by atoms with E-state index in [-0.39, 0.29) is 16.9 Å². The number of thioether (sulfide) groups is 1. The third-order valence-electron chi connectivity index (χ3n) is 2.98. The van der Waals surface area contributed by atoms with Crippen molar-refractivity contribution in [3.8, 4) is 0 Å². The van der Waals surface area contributed by atoms with Crippen LogP contribution < -0.4 is 5.43 Å². The Morgan fingerprint density at radius 1 is 1.25 bits per heavy atom. The minimum Gasteiger partial charge on any atom is -0.367 e. The van der Waals surface area contributed by atoms with Crippen LogP contribution in [0.1, 0.15) is 15.9 Å². The van der Waals surface area contributed by atoms with Gasteiger partial charge >= 0.3 is 0 Å². The van der Waals surface area contributed by atoms with Gasteiger partial charge in [0.1, 0.15) is 5.56 Å². The van der Waals surface area contributed by atoms with Crippen molar-refractivity contribution in [2.45, 2.75) is 11.4 Å². The van der Waals surface area contributed by atoms with E-state index in [1.165, 1.54) is 23.4 Å². The van der Waals surface area contributed by atoms with Crippen LogP contribution in [0.4, 0.5) is 0 Å². The van der Waals surface area contributed by atoms with Crippen LogP contribution in [-0.4, -0.2) is 29.1 Å². The van der Waals surface area contributed by atoms with Crippen molar-refractivity contribution in [3.63, 3.8) is 0 Å². The average Bonchev–Trinajstić information content (AvgIpc) is 2.48. The van der Waals surface area contributed by atoms with Crippen LogP contribution in [0.3, 0.4) is 0 Å². The van der Waals surface area contributed by atoms with Crippen molar-refractivity contribution < 1.29 is 4.79 Å². The second kappa shape index (κ2) is 6.43. The van der Waals surface area contributed by atoms with Gasteiger partial charge < -0.3 is 9.88 Å². The zero-order valence-electron chi connectivity index (χ0n) is 11.4. The minimum absolute atomic E-state index is 0.163. The maximum absolute atomic E-state index is 12.2. The van der Waals surface area contributed by atoms with E-state index in [9.17, 15) is 9.59 Å². The molecule has 0 saturated carbocycles. The molecule has 1 aromatic heterocycles. The molecule has 1 aromatic carbocycles. The molecule has 0 atom stereocenters. The molecule has 0 saturated heterocycles. The number of carbonyl (C=O) groups excluding carboxylic acids is 1. The summed E-state index contributed by atoms with van der Waals surface area (Å²) in [4.78, 5) is 29.3. The van der Waals surface area contributed by atoms with Crippen LogP contribution in [0.15, 0.2) is 52.4 Å². The van der Waals surface area contributed by atoms with E-state index in [4.69, 9.17) is 0 Å². The number of rotatable bonds is 4. The van der Waals surface area contributed by atoms with Crippen molar-refractivity contribution in [1.82, 2.24) is 9.88 Å². The number of hydrogen-bond donors (Lipinski definition) is 1. The van der Waals surface area contributed by atoms with E-state index >= 15 is 0 Å². The summed E-state index contributed by atoms with van der Waals surface area (Å²) in [5, 5.41) is 0. The molecule has 2 aromatic rings. The van der Waals surface area contributed by atoms with Crippen molar-refractivity contribution in [3.05, 3.63) is 64.1 Å². The van der Waals surface area contributed by atoms with Gasteiger partial charge in [-0.05, 0) is 24.0 Å². The lowest BCUT2D eigenvalue weighted by Gasteiger charge is -2.17. The topological polar surface area (TPSA) is 53.2 Å². The fourth-order valence-corrected chi connectivity index (χ4v) is 2.27. The number of benzene rings is 1. The molecule has 20 heavy (non-hydrogen) atoms. The first-order valence-corrected chi connectivity index (χ1v) is 7.40. The Labute approximate surface area is 121 Å². The minimum atomic E-state index is -0.277. The summed E-state index contributed by atoms with van der Waals surface area (Å²) < 4.78 is 0. The Kier molecular flexibility index (Phi) is 4.63. The molecule has 0 aliphatic heterocycles. The molecule has 0 radical (unpaired) electrons. The van der Waals surface area contributed by atoms with Gasteiger partial charge in [-0.2, -0.15) is 0 Å². The van der Waals surface area contributed by atoms with E-state index in [2.05, 4.69) is 4.98 Å². The molecule has 1 N–H and O–H groups in total. The van der Waals surface area contributed by atoms with E-state index in [0.717, 1.165) is 5.56 Å². The Morgan fingerprint density at radius 2 is 1.95 bits per heavy atom. The normalized spacial score (nSPS) is 10.3. The maximum Gasteiger partial charge on any atom is 0.259 e. The van der Waals surface area contributed by atoms with Crippen LogP contribution in [0.25, 0.3) is 0 Å². The summed E-state index contributed by atoms with van der Waals surface area (Å²) in [6.45, 7) is 0.474. The Hall–Kier alpha value is -2.01. The smallest absolute Gasteiger partial charge is 0.259 e. The molecule has 0 bridgehead atoms. The number of aromatic nitrogens is 1. The molecule has 1 heterocycles. The molecule has 104 valence electrons. The highest BCUT2D eigenvalue weighted by molar-refractivity contribution is 7.98. The number of pyridine rings is 1. The number of nitrogens with zero attached hydrogens (tertiary/aromatic N) is 1. The van der Waals surface area contributed by atoms with E-state index in [1.807, 2.05) is 30.5 Å². The molecule has 0 aliphatic carbocycles. The molecule has 0 fully saturated rings. The summed E-state index contributed by atoms with van der Waals surface area (Å²) in [6, 6.07) is 9.38. The maximum atomic E-state index is 12.2. The highest BCUT2D eigenvalue weighted by atomic mass is 32.2. The van der Waals surface area contributed by atoms with Crippen LogP contribution in [-0.2, 0) is 6.54 Å². The van der Waals surface area contributed by atoms with Crippen molar-refractivity contribution in [2.24, 2.45) is 0 Å². The first-order chi connectivity index (χ1) is 9.61. The summed E-state index contributed by atoms with van der Waals surface area (Å²) in [7, 11) is 1.69. The van der Waals surface area contributed by atoms with Crippen LogP contribution in [0.2, 0.25) is 0 Å². The van der Waals surface area contributed by atoms with Gasteiger partial charge in [0.05, 0.1) is 0 Å². The largest absolute Gasteiger partial charge is 0.367 e. The van der Waals surface area contributed by atoms with Gasteiger partial charge in [0.2, 0.25) is 0 Å². The van der Waals surface area contributed by atoms with Crippen molar-refractivity contribution in [2.75, 3.05) is 13.3 Å². The lowest BCUT2D eigenvalue weighted by atomic mass is 10.2. The van der Waals surface area contributed by atoms with Gasteiger partial charge in [-0.3, -0.25) is 9.59 Å². The second-order valence-corrected chi connectivity index (χ2v) is 5.31. The van der Waals surface area contributed by atoms with E-state index in [0.29, 0.717) is 6.54 Å². The SMILES string of the molecule is CSc1ccc(CN(C)C(=O)c2c[nH]ccc2=O)cc1. The first-order valence-electron chi connectivity index (χ1n) is 6.17. The van der Waals surface area contributed by atoms with Gasteiger partial charge in [-0.15, -0.1) is 11.8 Å². The third-order valence-corrected chi connectivity index (χ3v) is 3.72. The quantitative estimate of drug-likeness (QED) is 0.879. The monoisotopic (exact) mass is 288 g/mol. The Morgan fingerprint density at radius 3 is 2.55 bits per heavy atom. The molecular weight excluding hydrogens is 272 g/mol. The van der Waals surface area contributed by atoms with Gasteiger partial charge in [0.25, 0.3) is 5.91 Å². The average molecular weight is 288 g/mol. The third kappa shape index (κ3) is 3.30. The number of H-pyrrole nitrogens is 1. The second-order valence-electron chi connectivity index (χ2n) is 4.43. The number of nitrogens with one attached hydrogen (secondary N) is 1. The van der Waals surface area contributed by atoms with E-state index in [1.54, 1.807) is 23.7 Å². The first kappa shape index (κ1) is 14.4.